The molecule has 5 rings (SSSR count). The number of rotatable bonds is 6. The highest BCUT2D eigenvalue weighted by Crippen LogP contribution is 2.43. The summed E-state index contributed by atoms with van der Waals surface area (Å²) >= 11 is 0. The van der Waals surface area contributed by atoms with E-state index in [4.69, 9.17) is 5.11 Å². The van der Waals surface area contributed by atoms with Crippen LogP contribution in [0.2, 0.25) is 0 Å². The van der Waals surface area contributed by atoms with E-state index in [9.17, 15) is 4.79 Å². The van der Waals surface area contributed by atoms with Crippen LogP contribution in [-0.2, 0) is 11.2 Å². The van der Waals surface area contributed by atoms with E-state index in [1.54, 1.807) is 6.33 Å². The third-order valence-corrected chi connectivity index (χ3v) is 7.18. The van der Waals surface area contributed by atoms with Crippen LogP contribution in [0.3, 0.4) is 0 Å². The molecule has 0 saturated carbocycles. The lowest BCUT2D eigenvalue weighted by Gasteiger charge is -2.57. The molecule has 1 amide bonds. The molecule has 3 fully saturated rings. The molecule has 1 aromatic heterocycles. The van der Waals surface area contributed by atoms with Crippen LogP contribution in [-0.4, -0.2) is 64.2 Å². The average molecular weight is 422 g/mol. The molecule has 0 unspecified atom stereocenters. The second-order valence-corrected chi connectivity index (χ2v) is 9.09. The van der Waals surface area contributed by atoms with Crippen molar-refractivity contribution in [3.63, 3.8) is 0 Å². The van der Waals surface area contributed by atoms with Crippen molar-refractivity contribution >= 4 is 17.5 Å². The lowest BCUT2D eigenvalue weighted by Crippen LogP contribution is -2.65. The van der Waals surface area contributed by atoms with Crippen LogP contribution in [0.5, 0.6) is 0 Å². The summed E-state index contributed by atoms with van der Waals surface area (Å²) in [5.74, 6) is 2.93. The van der Waals surface area contributed by atoms with Gasteiger partial charge in [0.1, 0.15) is 18.0 Å². The van der Waals surface area contributed by atoms with Gasteiger partial charge in [0, 0.05) is 44.2 Å². The van der Waals surface area contributed by atoms with Crippen molar-refractivity contribution in [1.29, 1.82) is 0 Å². The Kier molecular flexibility index (Phi) is 5.76. The maximum Gasteiger partial charge on any atom is 0.223 e. The van der Waals surface area contributed by atoms with Crippen molar-refractivity contribution in [1.82, 2.24) is 14.9 Å². The molecule has 4 atom stereocenters. The van der Waals surface area contributed by atoms with Crippen LogP contribution in [0.1, 0.15) is 31.2 Å². The fourth-order valence-electron chi connectivity index (χ4n) is 5.88. The summed E-state index contributed by atoms with van der Waals surface area (Å²) in [4.78, 5) is 26.5. The Morgan fingerprint density at radius 1 is 1.13 bits per heavy atom. The number of hydrogen-bond donors (Lipinski definition) is 2. The smallest absolute Gasteiger partial charge is 0.223 e. The highest BCUT2D eigenvalue weighted by Gasteiger charge is 2.49. The number of aliphatic hydroxyl groups is 1. The van der Waals surface area contributed by atoms with E-state index >= 15 is 0 Å². The first-order valence-electron chi connectivity index (χ1n) is 11.5. The number of piperidine rings is 3. The van der Waals surface area contributed by atoms with Gasteiger partial charge in [0.05, 0.1) is 6.61 Å². The van der Waals surface area contributed by atoms with E-state index in [-0.39, 0.29) is 12.6 Å². The van der Waals surface area contributed by atoms with Gasteiger partial charge < -0.3 is 20.2 Å². The lowest BCUT2D eigenvalue weighted by atomic mass is 9.71. The molecular weight excluding hydrogens is 390 g/mol. The maximum atomic E-state index is 13.0. The summed E-state index contributed by atoms with van der Waals surface area (Å²) in [5, 5.41) is 12.2. The van der Waals surface area contributed by atoms with Gasteiger partial charge in [-0.15, -0.1) is 0 Å². The Balaban J connectivity index is 1.42. The van der Waals surface area contributed by atoms with Crippen LogP contribution < -0.4 is 10.2 Å². The van der Waals surface area contributed by atoms with Crippen molar-refractivity contribution in [2.24, 2.45) is 11.8 Å². The molecule has 0 spiro atoms. The van der Waals surface area contributed by atoms with Gasteiger partial charge in [0.15, 0.2) is 0 Å². The number of nitrogens with one attached hydrogen (secondary N) is 1. The molecule has 1 aromatic carbocycles. The molecule has 3 aliphatic heterocycles. The number of carbonyl (C=O) groups excluding carboxylic acids is 1. The van der Waals surface area contributed by atoms with E-state index in [2.05, 4.69) is 55.4 Å². The first-order chi connectivity index (χ1) is 15.2. The number of amides is 1. The van der Waals surface area contributed by atoms with E-state index in [0.717, 1.165) is 44.0 Å². The van der Waals surface area contributed by atoms with E-state index in [1.165, 1.54) is 12.0 Å². The fraction of sp³-hybridized carbons (Fsp3) is 0.542. The first kappa shape index (κ1) is 20.2. The first-order valence-corrected chi connectivity index (χ1v) is 11.5. The van der Waals surface area contributed by atoms with Gasteiger partial charge in [-0.2, -0.15) is 0 Å². The second kappa shape index (κ2) is 8.83. The fourth-order valence-corrected chi connectivity index (χ4v) is 5.88. The second-order valence-electron chi connectivity index (χ2n) is 9.09. The third-order valence-electron chi connectivity index (χ3n) is 7.18. The summed E-state index contributed by atoms with van der Waals surface area (Å²) in [7, 11) is 0. The van der Waals surface area contributed by atoms with Crippen molar-refractivity contribution in [2.45, 2.75) is 44.2 Å². The third kappa shape index (κ3) is 4.11. The minimum absolute atomic E-state index is 0.0694. The molecule has 31 heavy (non-hydrogen) atoms. The van der Waals surface area contributed by atoms with Gasteiger partial charge in [-0.3, -0.25) is 4.79 Å². The molecular formula is C24H31N5O2. The van der Waals surface area contributed by atoms with Crippen LogP contribution in [0.15, 0.2) is 42.7 Å². The van der Waals surface area contributed by atoms with Crippen molar-refractivity contribution in [3.05, 3.63) is 48.3 Å². The number of nitrogens with zero attached hydrogens (tertiary/aromatic N) is 4. The Hall–Kier alpha value is -2.67. The molecule has 3 aliphatic rings. The number of anilines is 2. The zero-order valence-electron chi connectivity index (χ0n) is 17.9. The summed E-state index contributed by atoms with van der Waals surface area (Å²) in [6, 6.07) is 13.1. The minimum atomic E-state index is 0.0694. The topological polar surface area (TPSA) is 81.6 Å². The molecule has 2 aromatic rings. The SMILES string of the molecule is O=C1CCC[C@H]2[C@@H]3C[C@@H](CN(c4cc(NCCO)ncn4)C3)[C@H](Cc3ccccc3)N12. The lowest BCUT2D eigenvalue weighted by molar-refractivity contribution is -0.148. The van der Waals surface area contributed by atoms with E-state index < -0.39 is 0 Å². The number of aromatic nitrogens is 2. The van der Waals surface area contributed by atoms with Crippen molar-refractivity contribution < 1.29 is 9.90 Å². The standard InChI is InChI=1S/C24H31N5O2/c30-10-9-25-22-13-23(27-16-26-22)28-14-18-12-19(15-28)21(11-17-5-2-1-3-6-17)29-20(18)7-4-8-24(29)31/h1-3,5-6,13,16,18-21,30H,4,7-12,14-15H2,(H,25,26,27)/t18-,19+,20+,21+/m1/s1. The largest absolute Gasteiger partial charge is 0.395 e. The molecule has 4 heterocycles. The highest BCUT2D eigenvalue weighted by atomic mass is 16.3. The zero-order chi connectivity index (χ0) is 21.2. The van der Waals surface area contributed by atoms with E-state index in [0.29, 0.717) is 36.8 Å². The molecule has 164 valence electrons. The van der Waals surface area contributed by atoms with Gasteiger partial charge in [-0.25, -0.2) is 9.97 Å². The number of benzene rings is 1. The maximum absolute atomic E-state index is 13.0. The van der Waals surface area contributed by atoms with Crippen molar-refractivity contribution in [2.75, 3.05) is 36.5 Å². The Labute approximate surface area is 183 Å². The predicted octanol–water partition coefficient (Wildman–Crippen LogP) is 2.33. The number of aliphatic hydroxyl groups excluding tert-OH is 1. The van der Waals surface area contributed by atoms with Crippen LogP contribution >= 0.6 is 0 Å². The van der Waals surface area contributed by atoms with Crippen LogP contribution in [0, 0.1) is 11.8 Å². The summed E-state index contributed by atoms with van der Waals surface area (Å²) in [5.41, 5.74) is 1.30. The molecule has 2 bridgehead atoms. The summed E-state index contributed by atoms with van der Waals surface area (Å²) in [6.45, 7) is 2.38. The molecule has 0 radical (unpaired) electrons. The monoisotopic (exact) mass is 421 g/mol. The Morgan fingerprint density at radius 3 is 2.81 bits per heavy atom. The quantitative estimate of drug-likeness (QED) is 0.745. The highest BCUT2D eigenvalue weighted by molar-refractivity contribution is 5.78. The zero-order valence-corrected chi connectivity index (χ0v) is 17.9. The molecule has 0 aliphatic carbocycles. The molecule has 3 saturated heterocycles. The van der Waals surface area contributed by atoms with Crippen LogP contribution in [0.4, 0.5) is 11.6 Å². The number of carbonyl (C=O) groups is 1. The minimum Gasteiger partial charge on any atom is -0.395 e. The summed E-state index contributed by atoms with van der Waals surface area (Å²) < 4.78 is 0. The Bertz CT molecular complexity index is 908. The number of fused-ring (bicyclic) bond motifs is 4. The van der Waals surface area contributed by atoms with Crippen LogP contribution in [0.25, 0.3) is 0 Å². The normalized spacial score (nSPS) is 27.7. The summed E-state index contributed by atoms with van der Waals surface area (Å²) in [6.07, 6.45) is 6.50. The van der Waals surface area contributed by atoms with Gasteiger partial charge in [-0.05, 0) is 43.1 Å². The van der Waals surface area contributed by atoms with Gasteiger partial charge >= 0.3 is 0 Å². The molecule has 7 nitrogen and oxygen atoms in total. The van der Waals surface area contributed by atoms with E-state index in [1.807, 2.05) is 6.07 Å². The van der Waals surface area contributed by atoms with Gasteiger partial charge in [-0.1, -0.05) is 30.3 Å². The van der Waals surface area contributed by atoms with Gasteiger partial charge in [0.2, 0.25) is 5.91 Å². The Morgan fingerprint density at radius 2 is 1.97 bits per heavy atom. The molecule has 7 heteroatoms. The van der Waals surface area contributed by atoms with Crippen molar-refractivity contribution in [3.8, 4) is 0 Å². The number of hydrogen-bond acceptors (Lipinski definition) is 6. The molecule has 2 N–H and O–H groups in total. The average Bonchev–Trinajstić information content (AvgIpc) is 2.81. The van der Waals surface area contributed by atoms with Gasteiger partial charge in [0.25, 0.3) is 0 Å². The predicted molar refractivity (Wildman–Crippen MR) is 120 cm³/mol.